The van der Waals surface area contributed by atoms with E-state index in [0.29, 0.717) is 11.6 Å². The quantitative estimate of drug-likeness (QED) is 0.795. The number of carbonyl (C=O) groups excluding carboxylic acids is 1. The number of fused-ring (bicyclic) bond motifs is 1. The molecule has 1 aliphatic heterocycles. The lowest BCUT2D eigenvalue weighted by Gasteiger charge is -2.17. The average Bonchev–Trinajstić information content (AvgIpc) is 3.14. The second-order valence-corrected chi connectivity index (χ2v) is 6.30. The van der Waals surface area contributed by atoms with Crippen molar-refractivity contribution in [2.45, 2.75) is 12.5 Å². The predicted octanol–water partition coefficient (Wildman–Crippen LogP) is 2.84. The van der Waals surface area contributed by atoms with E-state index < -0.39 is 0 Å². The Morgan fingerprint density at radius 3 is 3.00 bits per heavy atom. The highest BCUT2D eigenvalue weighted by Gasteiger charge is 2.33. The number of pyridine rings is 1. The van der Waals surface area contributed by atoms with Crippen LogP contribution in [0.2, 0.25) is 5.02 Å². The van der Waals surface area contributed by atoms with Crippen molar-refractivity contribution < 1.29 is 4.79 Å². The molecule has 7 heteroatoms. The van der Waals surface area contributed by atoms with E-state index in [1.54, 1.807) is 22.0 Å². The van der Waals surface area contributed by atoms with Gasteiger partial charge < -0.3 is 10.2 Å². The maximum absolute atomic E-state index is 12.7. The van der Waals surface area contributed by atoms with Crippen molar-refractivity contribution in [2.75, 3.05) is 16.8 Å². The lowest BCUT2D eigenvalue weighted by Crippen LogP contribution is -2.33. The van der Waals surface area contributed by atoms with Gasteiger partial charge in [0.05, 0.1) is 17.4 Å². The van der Waals surface area contributed by atoms with Crippen molar-refractivity contribution in [3.63, 3.8) is 0 Å². The number of rotatable bonds is 3. The Balaban J connectivity index is 1.60. The van der Waals surface area contributed by atoms with Gasteiger partial charge in [0, 0.05) is 42.1 Å². The van der Waals surface area contributed by atoms with Gasteiger partial charge in [0.1, 0.15) is 6.04 Å². The van der Waals surface area contributed by atoms with Crippen LogP contribution in [0.1, 0.15) is 6.42 Å². The third-order valence-corrected chi connectivity index (χ3v) is 4.48. The van der Waals surface area contributed by atoms with Gasteiger partial charge in [-0.15, -0.1) is 0 Å². The number of nitrogens with one attached hydrogen (secondary N) is 1. The molecular formula is C17H16ClN5O. The van der Waals surface area contributed by atoms with Gasteiger partial charge in [-0.05, 0) is 30.7 Å². The Morgan fingerprint density at radius 1 is 1.33 bits per heavy atom. The third-order valence-electron chi connectivity index (χ3n) is 4.24. The molecule has 1 amide bonds. The van der Waals surface area contributed by atoms with Crippen LogP contribution >= 0.6 is 11.6 Å². The zero-order chi connectivity index (χ0) is 16.7. The number of anilines is 2. The highest BCUT2D eigenvalue weighted by molar-refractivity contribution is 6.31. The molecule has 3 heterocycles. The van der Waals surface area contributed by atoms with Crippen molar-refractivity contribution in [1.29, 1.82) is 0 Å². The Morgan fingerprint density at radius 2 is 2.21 bits per heavy atom. The summed E-state index contributed by atoms with van der Waals surface area (Å²) in [6.07, 6.45) is 6.03. The van der Waals surface area contributed by atoms with Crippen molar-refractivity contribution >= 4 is 39.8 Å². The first-order valence-corrected chi connectivity index (χ1v) is 8.10. The molecule has 0 saturated carbocycles. The van der Waals surface area contributed by atoms with Crippen LogP contribution in [-0.4, -0.2) is 33.3 Å². The first-order chi connectivity index (χ1) is 11.6. The van der Waals surface area contributed by atoms with Gasteiger partial charge in [0.2, 0.25) is 5.91 Å². The summed E-state index contributed by atoms with van der Waals surface area (Å²) in [6.45, 7) is 0.673. The fourth-order valence-corrected chi connectivity index (χ4v) is 3.22. The van der Waals surface area contributed by atoms with Crippen molar-refractivity contribution in [3.05, 3.63) is 47.9 Å². The smallest absolute Gasteiger partial charge is 0.249 e. The van der Waals surface area contributed by atoms with Crippen LogP contribution in [0, 0.1) is 0 Å². The molecule has 1 unspecified atom stereocenters. The molecule has 1 fully saturated rings. The molecule has 0 bridgehead atoms. The number of amides is 1. The Kier molecular flexibility index (Phi) is 3.61. The number of halogens is 1. The minimum absolute atomic E-state index is 0.0509. The van der Waals surface area contributed by atoms with Crippen LogP contribution in [0.15, 0.2) is 42.9 Å². The molecule has 122 valence electrons. The summed E-state index contributed by atoms with van der Waals surface area (Å²) in [7, 11) is 1.84. The fraction of sp³-hybridized carbons (Fsp3) is 0.235. The number of hydrogen-bond acceptors (Lipinski definition) is 4. The van der Waals surface area contributed by atoms with Gasteiger partial charge in [-0.3, -0.25) is 14.5 Å². The summed E-state index contributed by atoms with van der Waals surface area (Å²) in [5.74, 6) is 0.0509. The molecule has 1 saturated heterocycles. The average molecular weight is 342 g/mol. The van der Waals surface area contributed by atoms with E-state index >= 15 is 0 Å². The highest BCUT2D eigenvalue weighted by atomic mass is 35.5. The number of carbonyl (C=O) groups is 1. The second kappa shape index (κ2) is 5.79. The maximum atomic E-state index is 12.7. The summed E-state index contributed by atoms with van der Waals surface area (Å²) in [6, 6.07) is 7.16. The molecule has 0 spiro atoms. The minimum atomic E-state index is -0.269. The number of hydrogen-bond donors (Lipinski definition) is 1. The second-order valence-electron chi connectivity index (χ2n) is 5.87. The number of aromatic nitrogens is 3. The van der Waals surface area contributed by atoms with Crippen molar-refractivity contribution in [3.8, 4) is 0 Å². The number of benzene rings is 1. The first kappa shape index (κ1) is 15.0. The normalized spacial score (nSPS) is 17.7. The number of aryl methyl sites for hydroxylation is 1. The molecule has 1 aromatic carbocycles. The third kappa shape index (κ3) is 2.59. The van der Waals surface area contributed by atoms with Crippen LogP contribution < -0.4 is 10.2 Å². The molecule has 3 aromatic rings. The molecule has 4 rings (SSSR count). The zero-order valence-electron chi connectivity index (χ0n) is 13.1. The van der Waals surface area contributed by atoms with Gasteiger partial charge in [-0.1, -0.05) is 11.6 Å². The van der Waals surface area contributed by atoms with E-state index in [1.807, 2.05) is 37.5 Å². The fourth-order valence-electron chi connectivity index (χ4n) is 3.05. The highest BCUT2D eigenvalue weighted by Crippen LogP contribution is 2.28. The summed E-state index contributed by atoms with van der Waals surface area (Å²) < 4.78 is 1.70. The van der Waals surface area contributed by atoms with Gasteiger partial charge >= 0.3 is 0 Å². The summed E-state index contributed by atoms with van der Waals surface area (Å²) in [5, 5.41) is 9.05. The van der Waals surface area contributed by atoms with E-state index in [1.165, 1.54) is 0 Å². The van der Waals surface area contributed by atoms with E-state index in [0.717, 1.165) is 28.7 Å². The molecule has 2 aromatic heterocycles. The molecule has 1 aliphatic rings. The summed E-state index contributed by atoms with van der Waals surface area (Å²) >= 11 is 6.10. The Bertz CT molecular complexity index is 922. The van der Waals surface area contributed by atoms with Crippen LogP contribution in [0.3, 0.4) is 0 Å². The van der Waals surface area contributed by atoms with Crippen LogP contribution in [0.25, 0.3) is 10.9 Å². The predicted molar refractivity (Wildman–Crippen MR) is 94.3 cm³/mol. The SMILES string of the molecule is Cn1cc(N2CCC(Nc3ccnc4ccc(Cl)cc34)C2=O)cn1. The Hall–Kier alpha value is -2.60. The van der Waals surface area contributed by atoms with E-state index in [4.69, 9.17) is 11.6 Å². The topological polar surface area (TPSA) is 63.1 Å². The van der Waals surface area contributed by atoms with Crippen LogP contribution in [0.5, 0.6) is 0 Å². The Labute approximate surface area is 144 Å². The molecule has 24 heavy (non-hydrogen) atoms. The largest absolute Gasteiger partial charge is 0.373 e. The van der Waals surface area contributed by atoms with E-state index in [9.17, 15) is 4.79 Å². The summed E-state index contributed by atoms with van der Waals surface area (Å²) in [5.41, 5.74) is 2.54. The molecule has 0 aliphatic carbocycles. The van der Waals surface area contributed by atoms with Gasteiger partial charge in [0.15, 0.2) is 0 Å². The molecule has 1 atom stereocenters. The standard InChI is InChI=1S/C17H16ClN5O/c1-22-10-12(9-20-22)23-7-5-16(17(23)24)21-15-4-6-19-14-3-2-11(18)8-13(14)15/h2-4,6,8-10,16H,5,7H2,1H3,(H,19,21). The lowest BCUT2D eigenvalue weighted by molar-refractivity contribution is -0.117. The van der Waals surface area contributed by atoms with Gasteiger partial charge in [-0.25, -0.2) is 0 Å². The maximum Gasteiger partial charge on any atom is 0.249 e. The van der Waals surface area contributed by atoms with Crippen molar-refractivity contribution in [2.24, 2.45) is 7.05 Å². The molecular weight excluding hydrogens is 326 g/mol. The van der Waals surface area contributed by atoms with Gasteiger partial charge in [0.25, 0.3) is 0 Å². The molecule has 6 nitrogen and oxygen atoms in total. The molecule has 1 N–H and O–H groups in total. The van der Waals surface area contributed by atoms with Crippen molar-refractivity contribution in [1.82, 2.24) is 14.8 Å². The van der Waals surface area contributed by atoms with Crippen LogP contribution in [0.4, 0.5) is 11.4 Å². The minimum Gasteiger partial charge on any atom is -0.373 e. The van der Waals surface area contributed by atoms with E-state index in [-0.39, 0.29) is 11.9 Å². The molecule has 0 radical (unpaired) electrons. The first-order valence-electron chi connectivity index (χ1n) is 7.72. The monoisotopic (exact) mass is 341 g/mol. The van der Waals surface area contributed by atoms with Crippen LogP contribution in [-0.2, 0) is 11.8 Å². The van der Waals surface area contributed by atoms with Gasteiger partial charge in [-0.2, -0.15) is 5.10 Å². The van der Waals surface area contributed by atoms with E-state index in [2.05, 4.69) is 15.4 Å². The number of nitrogens with zero attached hydrogens (tertiary/aromatic N) is 4. The zero-order valence-corrected chi connectivity index (χ0v) is 13.9. The lowest BCUT2D eigenvalue weighted by atomic mass is 10.1. The summed E-state index contributed by atoms with van der Waals surface area (Å²) in [4.78, 5) is 18.8.